The molecule has 0 unspecified atom stereocenters. The molecule has 0 spiro atoms. The summed E-state index contributed by atoms with van der Waals surface area (Å²) >= 11 is 0. The van der Waals surface area contributed by atoms with Crippen LogP contribution in [0.4, 0.5) is 9.18 Å². The highest BCUT2D eigenvalue weighted by molar-refractivity contribution is 5.74. The summed E-state index contributed by atoms with van der Waals surface area (Å²) in [7, 11) is 0. The number of halogens is 1. The molecule has 0 radical (unpaired) electrons. The molecule has 2 fully saturated rings. The van der Waals surface area contributed by atoms with Crippen molar-refractivity contribution in [3.63, 3.8) is 0 Å². The van der Waals surface area contributed by atoms with Crippen LogP contribution in [-0.2, 0) is 13.1 Å². The summed E-state index contributed by atoms with van der Waals surface area (Å²) < 4.78 is 19.2. The normalized spacial score (nSPS) is 16.7. The molecule has 0 aromatic heterocycles. The fourth-order valence-electron chi connectivity index (χ4n) is 3.99. The van der Waals surface area contributed by atoms with Gasteiger partial charge in [0, 0.05) is 26.2 Å². The number of ether oxygens (including phenoxy) is 1. The van der Waals surface area contributed by atoms with Crippen LogP contribution in [-0.4, -0.2) is 48.1 Å². The van der Waals surface area contributed by atoms with Gasteiger partial charge in [-0.25, -0.2) is 9.18 Å². The average Bonchev–Trinajstić information content (AvgIpc) is 3.28. The number of hydrogen-bond acceptors (Lipinski definition) is 3. The predicted molar refractivity (Wildman–Crippen MR) is 119 cm³/mol. The van der Waals surface area contributed by atoms with Crippen LogP contribution in [0.2, 0.25) is 0 Å². The molecule has 2 aliphatic rings. The van der Waals surface area contributed by atoms with E-state index in [2.05, 4.69) is 10.2 Å². The first-order valence-electron chi connectivity index (χ1n) is 11.4. The van der Waals surface area contributed by atoms with Gasteiger partial charge in [0.1, 0.15) is 11.6 Å². The topological polar surface area (TPSA) is 44.8 Å². The highest BCUT2D eigenvalue weighted by Crippen LogP contribution is 2.25. The lowest BCUT2D eigenvalue weighted by Gasteiger charge is -2.26. The van der Waals surface area contributed by atoms with Crippen LogP contribution in [0.25, 0.3) is 0 Å². The second-order valence-electron chi connectivity index (χ2n) is 8.57. The number of rotatable bonds is 9. The zero-order chi connectivity index (χ0) is 21.5. The number of nitrogens with zero attached hydrogens (tertiary/aromatic N) is 2. The number of carbonyl (C=O) groups is 1. The van der Waals surface area contributed by atoms with Crippen LogP contribution < -0.4 is 10.1 Å². The average molecular weight is 426 g/mol. The smallest absolute Gasteiger partial charge is 0.318 e. The predicted octanol–water partition coefficient (Wildman–Crippen LogP) is 4.56. The molecule has 2 aromatic rings. The van der Waals surface area contributed by atoms with Gasteiger partial charge in [0.15, 0.2) is 0 Å². The Morgan fingerprint density at radius 2 is 1.68 bits per heavy atom. The number of benzene rings is 2. The largest absolute Gasteiger partial charge is 0.490 e. The number of carbonyl (C=O) groups excluding carboxylic acids is 1. The van der Waals surface area contributed by atoms with Gasteiger partial charge >= 0.3 is 6.03 Å². The molecule has 1 saturated carbocycles. The lowest BCUT2D eigenvalue weighted by atomic mass is 9.96. The van der Waals surface area contributed by atoms with Crippen LogP contribution in [0.5, 0.6) is 5.75 Å². The maximum atomic E-state index is 13.3. The minimum atomic E-state index is -0.262. The van der Waals surface area contributed by atoms with Gasteiger partial charge in [0.05, 0.1) is 6.10 Å². The molecule has 31 heavy (non-hydrogen) atoms. The number of amides is 2. The fourth-order valence-corrected chi connectivity index (χ4v) is 3.99. The molecule has 6 heteroatoms. The molecule has 2 amide bonds. The van der Waals surface area contributed by atoms with E-state index in [0.29, 0.717) is 25.7 Å². The molecule has 5 nitrogen and oxygen atoms in total. The van der Waals surface area contributed by atoms with E-state index in [1.807, 2.05) is 29.2 Å². The summed E-state index contributed by atoms with van der Waals surface area (Å²) in [6.07, 6.45) is 6.34. The van der Waals surface area contributed by atoms with E-state index in [4.69, 9.17) is 4.74 Å². The summed E-state index contributed by atoms with van der Waals surface area (Å²) in [4.78, 5) is 17.2. The minimum Gasteiger partial charge on any atom is -0.490 e. The van der Waals surface area contributed by atoms with Crippen molar-refractivity contribution in [1.29, 1.82) is 0 Å². The third-order valence-electron chi connectivity index (χ3n) is 6.18. The SMILES string of the molecule is O=C(NCc1ccc(OC2CCC2)cc1)N(CCN1CCCC1)Cc1ccc(F)cc1. The summed E-state index contributed by atoms with van der Waals surface area (Å²) in [6.45, 7) is 4.64. The fraction of sp³-hybridized carbons (Fsp3) is 0.480. The first-order valence-corrected chi connectivity index (χ1v) is 11.4. The summed E-state index contributed by atoms with van der Waals surface area (Å²) in [5, 5.41) is 3.04. The molecule has 1 N–H and O–H groups in total. The molecule has 4 rings (SSSR count). The number of urea groups is 1. The van der Waals surface area contributed by atoms with E-state index in [9.17, 15) is 9.18 Å². The van der Waals surface area contributed by atoms with Crippen molar-refractivity contribution in [3.8, 4) is 5.75 Å². The van der Waals surface area contributed by atoms with Crippen LogP contribution in [0.15, 0.2) is 48.5 Å². The summed E-state index contributed by atoms with van der Waals surface area (Å²) in [5.74, 6) is 0.630. The van der Waals surface area contributed by atoms with Crippen molar-refractivity contribution in [2.24, 2.45) is 0 Å². The van der Waals surface area contributed by atoms with Gasteiger partial charge in [0.2, 0.25) is 0 Å². The molecule has 1 heterocycles. The Bertz CT molecular complexity index is 831. The summed E-state index contributed by atoms with van der Waals surface area (Å²) in [5.41, 5.74) is 1.96. The van der Waals surface area contributed by atoms with Crippen LogP contribution in [0.1, 0.15) is 43.2 Å². The molecule has 0 bridgehead atoms. The zero-order valence-corrected chi connectivity index (χ0v) is 18.1. The van der Waals surface area contributed by atoms with E-state index in [0.717, 1.165) is 49.4 Å². The lowest BCUT2D eigenvalue weighted by Crippen LogP contribution is -2.43. The van der Waals surface area contributed by atoms with E-state index in [1.165, 1.54) is 31.4 Å². The third kappa shape index (κ3) is 6.44. The first-order chi connectivity index (χ1) is 15.2. The monoisotopic (exact) mass is 425 g/mol. The number of likely N-dealkylation sites (tertiary alicyclic amines) is 1. The maximum absolute atomic E-state index is 13.3. The number of nitrogens with one attached hydrogen (secondary N) is 1. The van der Waals surface area contributed by atoms with Crippen molar-refractivity contribution < 1.29 is 13.9 Å². The van der Waals surface area contributed by atoms with Gasteiger partial charge in [-0.2, -0.15) is 0 Å². The Morgan fingerprint density at radius 3 is 2.32 bits per heavy atom. The standard InChI is InChI=1S/C25H32FN3O2/c26-22-10-6-21(7-11-22)19-29(17-16-28-14-1-2-15-28)25(30)27-18-20-8-12-24(13-9-20)31-23-4-3-5-23/h6-13,23H,1-5,14-19H2,(H,27,30). The van der Waals surface area contributed by atoms with Crippen molar-refractivity contribution in [3.05, 3.63) is 65.5 Å². The molecular formula is C25H32FN3O2. The van der Waals surface area contributed by atoms with Crippen LogP contribution in [0, 0.1) is 5.82 Å². The highest BCUT2D eigenvalue weighted by Gasteiger charge is 2.19. The lowest BCUT2D eigenvalue weighted by molar-refractivity contribution is 0.120. The van der Waals surface area contributed by atoms with Gasteiger partial charge in [0.25, 0.3) is 0 Å². The molecule has 1 aliphatic carbocycles. The maximum Gasteiger partial charge on any atom is 0.318 e. The Morgan fingerprint density at radius 1 is 1.00 bits per heavy atom. The van der Waals surface area contributed by atoms with Crippen molar-refractivity contribution in [2.75, 3.05) is 26.2 Å². The Kier molecular flexibility index (Phi) is 7.41. The Labute approximate surface area is 184 Å². The van der Waals surface area contributed by atoms with Crippen molar-refractivity contribution in [1.82, 2.24) is 15.1 Å². The van der Waals surface area contributed by atoms with E-state index in [1.54, 1.807) is 12.1 Å². The van der Waals surface area contributed by atoms with Crippen LogP contribution >= 0.6 is 0 Å². The van der Waals surface area contributed by atoms with Crippen LogP contribution in [0.3, 0.4) is 0 Å². The van der Waals surface area contributed by atoms with Crippen molar-refractivity contribution >= 4 is 6.03 Å². The van der Waals surface area contributed by atoms with Gasteiger partial charge < -0.3 is 19.9 Å². The minimum absolute atomic E-state index is 0.0988. The van der Waals surface area contributed by atoms with Gasteiger partial charge in [-0.1, -0.05) is 24.3 Å². The molecule has 0 atom stereocenters. The number of hydrogen-bond donors (Lipinski definition) is 1. The highest BCUT2D eigenvalue weighted by atomic mass is 19.1. The van der Waals surface area contributed by atoms with E-state index in [-0.39, 0.29) is 11.8 Å². The Hall–Kier alpha value is -2.60. The second-order valence-corrected chi connectivity index (χ2v) is 8.57. The van der Waals surface area contributed by atoms with Crippen molar-refractivity contribution in [2.45, 2.75) is 51.3 Å². The van der Waals surface area contributed by atoms with Gasteiger partial charge in [-0.05, 0) is 80.6 Å². The Balaban J connectivity index is 1.31. The molecule has 2 aromatic carbocycles. The molecule has 1 saturated heterocycles. The second kappa shape index (κ2) is 10.6. The van der Waals surface area contributed by atoms with E-state index >= 15 is 0 Å². The molecule has 1 aliphatic heterocycles. The zero-order valence-electron chi connectivity index (χ0n) is 18.1. The summed E-state index contributed by atoms with van der Waals surface area (Å²) in [6, 6.07) is 14.2. The van der Waals surface area contributed by atoms with E-state index < -0.39 is 0 Å². The third-order valence-corrected chi connectivity index (χ3v) is 6.18. The first kappa shape index (κ1) is 21.6. The van der Waals surface area contributed by atoms with Gasteiger partial charge in [-0.3, -0.25) is 0 Å². The molecular weight excluding hydrogens is 393 g/mol. The quantitative estimate of drug-likeness (QED) is 0.640. The van der Waals surface area contributed by atoms with Gasteiger partial charge in [-0.15, -0.1) is 0 Å². The molecule has 166 valence electrons.